The van der Waals surface area contributed by atoms with Crippen LogP contribution in [0.5, 0.6) is 0 Å². The number of benzene rings is 1. The predicted octanol–water partition coefficient (Wildman–Crippen LogP) is 3.19. The fraction of sp³-hybridized carbons (Fsp3) is 0.591. The van der Waals surface area contributed by atoms with Gasteiger partial charge in [-0.05, 0) is 55.9 Å². The Morgan fingerprint density at radius 2 is 1.89 bits per heavy atom. The Morgan fingerprint density at radius 3 is 2.61 bits per heavy atom. The molecule has 148 valence electrons. The minimum Gasteiger partial charge on any atom is -0.381 e. The van der Waals surface area contributed by atoms with Crippen molar-refractivity contribution in [1.29, 1.82) is 0 Å². The van der Waals surface area contributed by atoms with Crippen molar-refractivity contribution < 1.29 is 9.53 Å². The molecule has 2 aromatic rings. The van der Waals surface area contributed by atoms with Crippen LogP contribution in [0.2, 0.25) is 0 Å². The smallest absolute Gasteiger partial charge is 0.294 e. The molecule has 6 heteroatoms. The van der Waals surface area contributed by atoms with Gasteiger partial charge in [0.1, 0.15) is 0 Å². The van der Waals surface area contributed by atoms with Crippen LogP contribution >= 0.6 is 0 Å². The SMILES string of the molecule is O=C(CC1CC2CCC1C2)Nn1nc(C2CCOCC2)c2ccccc2c1=O. The van der Waals surface area contributed by atoms with Crippen molar-refractivity contribution in [3.63, 3.8) is 0 Å². The van der Waals surface area contributed by atoms with Gasteiger partial charge in [-0.15, -0.1) is 4.79 Å². The maximum absolute atomic E-state index is 12.9. The lowest BCUT2D eigenvalue weighted by atomic mass is 9.86. The molecule has 1 aliphatic heterocycles. The number of nitrogens with zero attached hydrogens (tertiary/aromatic N) is 2. The standard InChI is InChI=1S/C22H27N3O3/c26-20(13-17-12-14-5-6-16(17)11-14)23-25-22(27)19-4-2-1-3-18(19)21(24-25)15-7-9-28-10-8-15/h1-4,14-17H,5-13H2,(H,23,26). The average molecular weight is 381 g/mol. The molecule has 28 heavy (non-hydrogen) atoms. The summed E-state index contributed by atoms with van der Waals surface area (Å²) in [6.45, 7) is 1.41. The molecule has 1 aromatic heterocycles. The average Bonchev–Trinajstić information content (AvgIpc) is 3.34. The van der Waals surface area contributed by atoms with Crippen molar-refractivity contribution in [2.75, 3.05) is 18.6 Å². The summed E-state index contributed by atoms with van der Waals surface area (Å²) in [6.07, 6.45) is 7.27. The van der Waals surface area contributed by atoms with Crippen molar-refractivity contribution in [3.05, 3.63) is 40.3 Å². The van der Waals surface area contributed by atoms with Gasteiger partial charge in [-0.3, -0.25) is 9.59 Å². The van der Waals surface area contributed by atoms with Crippen LogP contribution in [0.3, 0.4) is 0 Å². The molecule has 3 atom stereocenters. The van der Waals surface area contributed by atoms with Gasteiger partial charge in [0.25, 0.3) is 5.56 Å². The summed E-state index contributed by atoms with van der Waals surface area (Å²) in [7, 11) is 0. The minimum atomic E-state index is -0.257. The number of ether oxygens (including phenoxy) is 1. The summed E-state index contributed by atoms with van der Waals surface area (Å²) in [5, 5.41) is 6.10. The highest BCUT2D eigenvalue weighted by molar-refractivity contribution is 5.86. The molecule has 5 rings (SSSR count). The number of rotatable bonds is 4. The number of amides is 1. The lowest BCUT2D eigenvalue weighted by Crippen LogP contribution is -2.37. The van der Waals surface area contributed by atoms with Gasteiger partial charge >= 0.3 is 0 Å². The topological polar surface area (TPSA) is 73.2 Å². The largest absolute Gasteiger partial charge is 0.381 e. The van der Waals surface area contributed by atoms with Crippen molar-refractivity contribution in [2.45, 2.75) is 50.9 Å². The monoisotopic (exact) mass is 381 g/mol. The Kier molecular flexibility index (Phi) is 4.67. The maximum Gasteiger partial charge on any atom is 0.294 e. The van der Waals surface area contributed by atoms with Crippen LogP contribution in [0, 0.1) is 17.8 Å². The number of carbonyl (C=O) groups is 1. The molecule has 2 aliphatic carbocycles. The van der Waals surface area contributed by atoms with E-state index in [2.05, 4.69) is 10.5 Å². The van der Waals surface area contributed by atoms with Crippen molar-refractivity contribution in [1.82, 2.24) is 9.89 Å². The maximum atomic E-state index is 12.9. The zero-order valence-electron chi connectivity index (χ0n) is 16.1. The van der Waals surface area contributed by atoms with Crippen molar-refractivity contribution in [2.24, 2.45) is 17.8 Å². The first kappa shape index (κ1) is 17.9. The van der Waals surface area contributed by atoms with Gasteiger partial charge in [0.2, 0.25) is 5.91 Å². The van der Waals surface area contributed by atoms with E-state index in [1.54, 1.807) is 0 Å². The molecule has 0 spiro atoms. The van der Waals surface area contributed by atoms with Gasteiger partial charge in [-0.1, -0.05) is 24.6 Å². The molecule has 2 bridgehead atoms. The molecule has 6 nitrogen and oxygen atoms in total. The molecule has 2 heterocycles. The van der Waals surface area contributed by atoms with E-state index in [0.29, 0.717) is 36.9 Å². The summed E-state index contributed by atoms with van der Waals surface area (Å²) in [6, 6.07) is 7.57. The van der Waals surface area contributed by atoms with Crippen LogP contribution in [0.4, 0.5) is 0 Å². The van der Waals surface area contributed by atoms with Gasteiger partial charge in [0.15, 0.2) is 0 Å². The first-order chi connectivity index (χ1) is 13.7. The van der Waals surface area contributed by atoms with Gasteiger partial charge in [0.05, 0.1) is 11.1 Å². The van der Waals surface area contributed by atoms with E-state index in [4.69, 9.17) is 4.74 Å². The molecule has 3 fully saturated rings. The van der Waals surface area contributed by atoms with E-state index in [-0.39, 0.29) is 17.4 Å². The number of aromatic nitrogens is 2. The summed E-state index contributed by atoms with van der Waals surface area (Å²) in [4.78, 5) is 26.8. The number of hydrogen-bond acceptors (Lipinski definition) is 4. The van der Waals surface area contributed by atoms with Crippen LogP contribution < -0.4 is 11.0 Å². The van der Waals surface area contributed by atoms with Gasteiger partial charge in [-0.2, -0.15) is 5.10 Å². The lowest BCUT2D eigenvalue weighted by molar-refractivity contribution is -0.118. The molecule has 1 amide bonds. The molecule has 1 saturated heterocycles. The predicted molar refractivity (Wildman–Crippen MR) is 107 cm³/mol. The molecular weight excluding hydrogens is 354 g/mol. The van der Waals surface area contributed by atoms with Crippen LogP contribution in [0.25, 0.3) is 10.8 Å². The summed E-state index contributed by atoms with van der Waals surface area (Å²) < 4.78 is 5.48. The highest BCUT2D eigenvalue weighted by Crippen LogP contribution is 2.49. The zero-order chi connectivity index (χ0) is 19.1. The van der Waals surface area contributed by atoms with Gasteiger partial charge < -0.3 is 4.74 Å². The second-order valence-corrected chi connectivity index (χ2v) is 8.71. The highest BCUT2D eigenvalue weighted by Gasteiger charge is 2.40. The Bertz CT molecular complexity index is 948. The van der Waals surface area contributed by atoms with E-state index in [1.807, 2.05) is 24.3 Å². The zero-order valence-corrected chi connectivity index (χ0v) is 16.1. The number of fused-ring (bicyclic) bond motifs is 3. The van der Waals surface area contributed by atoms with Gasteiger partial charge in [0, 0.05) is 30.9 Å². The van der Waals surface area contributed by atoms with Crippen LogP contribution in [-0.4, -0.2) is 29.0 Å². The lowest BCUT2D eigenvalue weighted by Gasteiger charge is -2.24. The second-order valence-electron chi connectivity index (χ2n) is 8.71. The van der Waals surface area contributed by atoms with E-state index in [0.717, 1.165) is 36.3 Å². The van der Waals surface area contributed by atoms with E-state index < -0.39 is 0 Å². The van der Waals surface area contributed by atoms with E-state index in [1.165, 1.54) is 24.1 Å². The number of hydrogen-bond donors (Lipinski definition) is 1. The third-order valence-electron chi connectivity index (χ3n) is 7.00. The van der Waals surface area contributed by atoms with Gasteiger partial charge in [-0.25, -0.2) is 5.43 Å². The Balaban J connectivity index is 1.42. The molecule has 3 aliphatic rings. The molecule has 0 radical (unpaired) electrons. The van der Waals surface area contributed by atoms with Crippen molar-refractivity contribution >= 4 is 16.7 Å². The number of nitrogens with one attached hydrogen (secondary N) is 1. The van der Waals surface area contributed by atoms with Crippen molar-refractivity contribution in [3.8, 4) is 0 Å². The highest BCUT2D eigenvalue weighted by atomic mass is 16.5. The van der Waals surface area contributed by atoms with Crippen LogP contribution in [0.15, 0.2) is 29.1 Å². The van der Waals surface area contributed by atoms with E-state index in [9.17, 15) is 9.59 Å². The fourth-order valence-electron chi connectivity index (χ4n) is 5.59. The van der Waals surface area contributed by atoms with Crippen LogP contribution in [-0.2, 0) is 9.53 Å². The molecular formula is C22H27N3O3. The fourth-order valence-corrected chi connectivity index (χ4v) is 5.59. The Labute approximate surface area is 164 Å². The van der Waals surface area contributed by atoms with E-state index >= 15 is 0 Å². The molecule has 3 unspecified atom stereocenters. The third-order valence-corrected chi connectivity index (χ3v) is 7.00. The van der Waals surface area contributed by atoms with Crippen LogP contribution in [0.1, 0.15) is 56.6 Å². The molecule has 1 N–H and O–H groups in total. The Hall–Kier alpha value is -2.21. The molecule has 2 saturated carbocycles. The number of carbonyl (C=O) groups excluding carboxylic acids is 1. The summed E-state index contributed by atoms with van der Waals surface area (Å²) >= 11 is 0. The first-order valence-electron chi connectivity index (χ1n) is 10.6. The third kappa shape index (κ3) is 3.24. The summed E-state index contributed by atoms with van der Waals surface area (Å²) in [5.41, 5.74) is 3.42. The minimum absolute atomic E-state index is 0.0969. The molecule has 1 aromatic carbocycles. The quantitative estimate of drug-likeness (QED) is 0.883. The Morgan fingerprint density at radius 1 is 1.11 bits per heavy atom. The second kappa shape index (κ2) is 7.32. The first-order valence-corrected chi connectivity index (χ1v) is 10.6. The summed E-state index contributed by atoms with van der Waals surface area (Å²) in [5.74, 6) is 2.11. The normalized spacial score (nSPS) is 27.4.